The maximum Gasteiger partial charge on any atom is 0.354 e. The number of alkyl halides is 2. The van der Waals surface area contributed by atoms with Gasteiger partial charge in [0.25, 0.3) is 5.92 Å². The Bertz CT molecular complexity index is 1090. The summed E-state index contributed by atoms with van der Waals surface area (Å²) in [4.78, 5) is 17.7. The van der Waals surface area contributed by atoms with Crippen molar-refractivity contribution in [1.29, 1.82) is 0 Å². The van der Waals surface area contributed by atoms with Crippen LogP contribution in [0.25, 0.3) is 16.7 Å². The zero-order chi connectivity index (χ0) is 20.2. The highest BCUT2D eigenvalue weighted by molar-refractivity contribution is 5.98. The number of nitrogens with zero attached hydrogens (tertiary/aromatic N) is 4. The Labute approximate surface area is 165 Å². The summed E-state index contributed by atoms with van der Waals surface area (Å²) < 4.78 is 29.5. The van der Waals surface area contributed by atoms with Crippen LogP contribution in [0.3, 0.4) is 0 Å². The minimum absolute atomic E-state index is 0.167. The fourth-order valence-corrected chi connectivity index (χ4v) is 4.14. The summed E-state index contributed by atoms with van der Waals surface area (Å²) >= 11 is 0. The van der Waals surface area contributed by atoms with E-state index in [1.54, 1.807) is 9.58 Å². The van der Waals surface area contributed by atoms with Crippen LogP contribution in [-0.2, 0) is 0 Å². The third-order valence-corrected chi connectivity index (χ3v) is 5.87. The molecule has 0 atom stereocenters. The van der Waals surface area contributed by atoms with Crippen molar-refractivity contribution in [2.24, 2.45) is 0 Å². The van der Waals surface area contributed by atoms with E-state index in [2.05, 4.69) is 4.98 Å². The SMILES string of the molecule is O=C(O)c1cc(N2CCC(F)(F)C2)c2c(C3CCC3)nn(-c3ccccc3)c2n1. The lowest BCUT2D eigenvalue weighted by Gasteiger charge is -2.25. The van der Waals surface area contributed by atoms with Crippen LogP contribution in [0.5, 0.6) is 0 Å². The molecule has 8 heteroatoms. The van der Waals surface area contributed by atoms with Crippen LogP contribution >= 0.6 is 0 Å². The number of halogens is 2. The molecule has 5 rings (SSSR count). The second-order valence-electron chi connectivity index (χ2n) is 7.82. The van der Waals surface area contributed by atoms with Crippen molar-refractivity contribution in [2.75, 3.05) is 18.0 Å². The number of carbonyl (C=O) groups is 1. The number of carboxylic acids is 1. The van der Waals surface area contributed by atoms with Crippen molar-refractivity contribution >= 4 is 22.7 Å². The second kappa shape index (κ2) is 6.50. The van der Waals surface area contributed by atoms with Crippen LogP contribution in [0.2, 0.25) is 0 Å². The molecule has 29 heavy (non-hydrogen) atoms. The summed E-state index contributed by atoms with van der Waals surface area (Å²) in [7, 11) is 0. The Balaban J connectivity index is 1.78. The molecule has 1 saturated heterocycles. The van der Waals surface area contributed by atoms with Gasteiger partial charge in [-0.25, -0.2) is 23.2 Å². The third-order valence-electron chi connectivity index (χ3n) is 5.87. The van der Waals surface area contributed by atoms with E-state index < -0.39 is 18.4 Å². The summed E-state index contributed by atoms with van der Waals surface area (Å²) in [5.41, 5.74) is 2.32. The molecule has 1 aliphatic carbocycles. The first-order valence-electron chi connectivity index (χ1n) is 9.78. The number of fused-ring (bicyclic) bond motifs is 1. The summed E-state index contributed by atoms with van der Waals surface area (Å²) in [5.74, 6) is -3.74. The quantitative estimate of drug-likeness (QED) is 0.712. The minimum atomic E-state index is -2.79. The molecule has 0 unspecified atom stereocenters. The predicted octanol–water partition coefficient (Wildman–Crippen LogP) is 4.23. The molecule has 3 aromatic rings. The normalized spacial score (nSPS) is 18.9. The number of aromatic carboxylic acids is 1. The fourth-order valence-electron chi connectivity index (χ4n) is 4.14. The maximum absolute atomic E-state index is 14.0. The highest BCUT2D eigenvalue weighted by Crippen LogP contribution is 2.44. The average molecular weight is 398 g/mol. The molecule has 0 spiro atoms. The van der Waals surface area contributed by atoms with Crippen molar-refractivity contribution in [3.8, 4) is 5.69 Å². The number of rotatable bonds is 4. The minimum Gasteiger partial charge on any atom is -0.477 e. The molecule has 6 nitrogen and oxygen atoms in total. The maximum atomic E-state index is 14.0. The number of pyridine rings is 1. The van der Waals surface area contributed by atoms with E-state index >= 15 is 0 Å². The number of anilines is 1. The van der Waals surface area contributed by atoms with Crippen LogP contribution in [0, 0.1) is 0 Å². The van der Waals surface area contributed by atoms with Gasteiger partial charge in [0.05, 0.1) is 29.0 Å². The fraction of sp³-hybridized carbons (Fsp3) is 0.381. The highest BCUT2D eigenvalue weighted by Gasteiger charge is 2.40. The molecule has 2 aromatic heterocycles. The van der Waals surface area contributed by atoms with E-state index in [1.807, 2.05) is 30.3 Å². The lowest BCUT2D eigenvalue weighted by atomic mass is 9.82. The van der Waals surface area contributed by atoms with Gasteiger partial charge in [0.2, 0.25) is 0 Å². The Morgan fingerprint density at radius 3 is 2.55 bits per heavy atom. The molecule has 2 aliphatic rings. The first-order valence-corrected chi connectivity index (χ1v) is 9.78. The molecule has 1 aliphatic heterocycles. The molecule has 0 radical (unpaired) electrons. The number of hydrogen-bond donors (Lipinski definition) is 1. The van der Waals surface area contributed by atoms with Gasteiger partial charge in [-0.1, -0.05) is 24.6 Å². The Hall–Kier alpha value is -3.03. The van der Waals surface area contributed by atoms with E-state index in [0.29, 0.717) is 16.7 Å². The average Bonchev–Trinajstić information content (AvgIpc) is 3.21. The van der Waals surface area contributed by atoms with Crippen LogP contribution in [0.4, 0.5) is 14.5 Å². The van der Waals surface area contributed by atoms with Crippen LogP contribution in [0.1, 0.15) is 47.8 Å². The zero-order valence-corrected chi connectivity index (χ0v) is 15.7. The number of carboxylic acid groups (broad SMARTS) is 1. The highest BCUT2D eigenvalue weighted by atomic mass is 19.3. The number of para-hydroxylation sites is 1. The van der Waals surface area contributed by atoms with E-state index in [9.17, 15) is 18.7 Å². The predicted molar refractivity (Wildman–Crippen MR) is 104 cm³/mol. The molecule has 0 bridgehead atoms. The summed E-state index contributed by atoms with van der Waals surface area (Å²) in [6, 6.07) is 10.8. The van der Waals surface area contributed by atoms with Gasteiger partial charge in [0.1, 0.15) is 0 Å². The summed E-state index contributed by atoms with van der Waals surface area (Å²) in [6.07, 6.45) is 2.82. The molecule has 1 saturated carbocycles. The van der Waals surface area contributed by atoms with Gasteiger partial charge in [0.15, 0.2) is 11.3 Å². The molecule has 1 N–H and O–H groups in total. The van der Waals surface area contributed by atoms with Crippen molar-refractivity contribution in [3.63, 3.8) is 0 Å². The van der Waals surface area contributed by atoms with Gasteiger partial charge in [0, 0.05) is 18.9 Å². The first-order chi connectivity index (χ1) is 13.9. The monoisotopic (exact) mass is 398 g/mol. The molecule has 1 aromatic carbocycles. The van der Waals surface area contributed by atoms with Gasteiger partial charge in [-0.05, 0) is 31.0 Å². The third kappa shape index (κ3) is 3.03. The van der Waals surface area contributed by atoms with E-state index in [4.69, 9.17) is 5.10 Å². The van der Waals surface area contributed by atoms with Gasteiger partial charge in [-0.2, -0.15) is 5.10 Å². The number of aromatic nitrogens is 3. The van der Waals surface area contributed by atoms with Crippen LogP contribution in [-0.4, -0.2) is 44.9 Å². The van der Waals surface area contributed by atoms with E-state index in [1.165, 1.54) is 6.07 Å². The molecular weight excluding hydrogens is 378 g/mol. The van der Waals surface area contributed by atoms with Crippen LogP contribution < -0.4 is 4.90 Å². The lowest BCUT2D eigenvalue weighted by Crippen LogP contribution is -2.25. The Morgan fingerprint density at radius 2 is 1.97 bits per heavy atom. The van der Waals surface area contributed by atoms with E-state index in [0.717, 1.165) is 30.6 Å². The summed E-state index contributed by atoms with van der Waals surface area (Å²) in [5, 5.41) is 15.1. The van der Waals surface area contributed by atoms with Crippen molar-refractivity contribution in [2.45, 2.75) is 37.5 Å². The number of hydrogen-bond acceptors (Lipinski definition) is 4. The smallest absolute Gasteiger partial charge is 0.354 e. The second-order valence-corrected chi connectivity index (χ2v) is 7.82. The lowest BCUT2D eigenvalue weighted by molar-refractivity contribution is 0.0257. The molecule has 2 fully saturated rings. The van der Waals surface area contributed by atoms with Gasteiger partial charge in [-0.3, -0.25) is 0 Å². The Kier molecular flexibility index (Phi) is 4.04. The van der Waals surface area contributed by atoms with Gasteiger partial charge < -0.3 is 10.0 Å². The largest absolute Gasteiger partial charge is 0.477 e. The van der Waals surface area contributed by atoms with Crippen molar-refractivity contribution in [3.05, 3.63) is 47.8 Å². The first kappa shape index (κ1) is 18.0. The number of benzene rings is 1. The van der Waals surface area contributed by atoms with Gasteiger partial charge >= 0.3 is 5.97 Å². The van der Waals surface area contributed by atoms with E-state index in [-0.39, 0.29) is 24.6 Å². The summed E-state index contributed by atoms with van der Waals surface area (Å²) in [6.45, 7) is -0.252. The van der Waals surface area contributed by atoms with Crippen molar-refractivity contribution in [1.82, 2.24) is 14.8 Å². The van der Waals surface area contributed by atoms with Gasteiger partial charge in [-0.15, -0.1) is 0 Å². The Morgan fingerprint density at radius 1 is 1.21 bits per heavy atom. The molecule has 150 valence electrons. The van der Waals surface area contributed by atoms with Crippen molar-refractivity contribution < 1.29 is 18.7 Å². The molecule has 0 amide bonds. The molecular formula is C21H20F2N4O2. The topological polar surface area (TPSA) is 71.2 Å². The standard InChI is InChI=1S/C21H20F2N4O2/c22-21(23)9-10-26(12-21)16-11-15(20(28)29)24-19-17(16)18(13-5-4-6-13)25-27(19)14-7-2-1-3-8-14/h1-3,7-8,11,13H,4-6,9-10,12H2,(H,28,29). The molecule has 3 heterocycles. The zero-order valence-electron chi connectivity index (χ0n) is 15.7. The van der Waals surface area contributed by atoms with Crippen LogP contribution in [0.15, 0.2) is 36.4 Å².